The van der Waals surface area contributed by atoms with E-state index in [-0.39, 0.29) is 12.6 Å². The fraction of sp³-hybridized carbons (Fsp3) is 0.438. The summed E-state index contributed by atoms with van der Waals surface area (Å²) in [6, 6.07) is 8.50. The third-order valence-electron chi connectivity index (χ3n) is 3.26. The van der Waals surface area contributed by atoms with Crippen molar-refractivity contribution in [1.29, 1.82) is 0 Å². The van der Waals surface area contributed by atoms with Crippen LogP contribution in [0.15, 0.2) is 36.4 Å². The zero-order valence-electron chi connectivity index (χ0n) is 11.3. The predicted octanol–water partition coefficient (Wildman–Crippen LogP) is 2.85. The molecule has 1 aliphatic rings. The maximum Gasteiger partial charge on any atom is 0.332 e. The topological polar surface area (TPSA) is 35.5 Å². The maximum atomic E-state index is 11.1. The highest BCUT2D eigenvalue weighted by Gasteiger charge is 2.15. The van der Waals surface area contributed by atoms with Crippen LogP contribution in [0.5, 0.6) is 0 Å². The molecule has 0 bridgehead atoms. The molecule has 0 saturated carbocycles. The van der Waals surface area contributed by atoms with Crippen molar-refractivity contribution in [3.8, 4) is 0 Å². The van der Waals surface area contributed by atoms with Gasteiger partial charge in [0.15, 0.2) is 0 Å². The standard InChI is InChI=1S/C16H20O3/c1-2-19-16(17)12-18-11-10-14-8-5-7-13-6-3-4-9-15(13)14/h3-6,8-9,14H,2,7,10-12H2,1H3. The first-order chi connectivity index (χ1) is 9.31. The van der Waals surface area contributed by atoms with Crippen LogP contribution in [0.4, 0.5) is 0 Å². The molecule has 1 aromatic carbocycles. The molecule has 0 amide bonds. The number of allylic oxidation sites excluding steroid dienone is 2. The number of hydrogen-bond acceptors (Lipinski definition) is 3. The molecule has 19 heavy (non-hydrogen) atoms. The molecule has 1 aromatic rings. The van der Waals surface area contributed by atoms with Gasteiger partial charge in [0.2, 0.25) is 0 Å². The van der Waals surface area contributed by atoms with Crippen LogP contribution in [-0.4, -0.2) is 25.8 Å². The second-order valence-electron chi connectivity index (χ2n) is 4.58. The van der Waals surface area contributed by atoms with Crippen LogP contribution in [0.25, 0.3) is 0 Å². The summed E-state index contributed by atoms with van der Waals surface area (Å²) >= 11 is 0. The first-order valence-corrected chi connectivity index (χ1v) is 6.79. The zero-order valence-corrected chi connectivity index (χ0v) is 11.3. The predicted molar refractivity (Wildman–Crippen MR) is 74.1 cm³/mol. The van der Waals surface area contributed by atoms with Crippen LogP contribution in [0.1, 0.15) is 30.4 Å². The lowest BCUT2D eigenvalue weighted by molar-refractivity contribution is -0.148. The molecule has 0 saturated heterocycles. The lowest BCUT2D eigenvalue weighted by atomic mass is 9.86. The molecule has 1 aliphatic carbocycles. The quantitative estimate of drug-likeness (QED) is 0.448. The molecule has 0 radical (unpaired) electrons. The van der Waals surface area contributed by atoms with Gasteiger partial charge in [-0.2, -0.15) is 0 Å². The van der Waals surface area contributed by atoms with Gasteiger partial charge in [-0.1, -0.05) is 36.4 Å². The number of fused-ring (bicyclic) bond motifs is 1. The average molecular weight is 260 g/mol. The van der Waals surface area contributed by atoms with Crippen molar-refractivity contribution < 1.29 is 14.3 Å². The Morgan fingerprint density at radius 2 is 2.21 bits per heavy atom. The zero-order chi connectivity index (χ0) is 13.5. The SMILES string of the molecule is CCOC(=O)COCCC1C=CCc2ccccc21. The second-order valence-corrected chi connectivity index (χ2v) is 4.58. The minimum absolute atomic E-state index is 0.0475. The van der Waals surface area contributed by atoms with Gasteiger partial charge >= 0.3 is 5.97 Å². The van der Waals surface area contributed by atoms with E-state index in [9.17, 15) is 4.79 Å². The molecule has 3 nitrogen and oxygen atoms in total. The molecule has 0 N–H and O–H groups in total. The summed E-state index contributed by atoms with van der Waals surface area (Å²) in [7, 11) is 0. The van der Waals surface area contributed by atoms with E-state index in [4.69, 9.17) is 9.47 Å². The molecule has 102 valence electrons. The molecule has 2 rings (SSSR count). The summed E-state index contributed by atoms with van der Waals surface area (Å²) in [4.78, 5) is 11.1. The summed E-state index contributed by atoms with van der Waals surface area (Å²) in [5.41, 5.74) is 2.77. The summed E-state index contributed by atoms with van der Waals surface area (Å²) in [5.74, 6) is 0.106. The Morgan fingerprint density at radius 1 is 1.37 bits per heavy atom. The summed E-state index contributed by atoms with van der Waals surface area (Å²) < 4.78 is 10.2. The van der Waals surface area contributed by atoms with Gasteiger partial charge in [0.1, 0.15) is 6.61 Å². The Bertz CT molecular complexity index is 451. The number of rotatable bonds is 6. The van der Waals surface area contributed by atoms with Crippen molar-refractivity contribution in [2.45, 2.75) is 25.7 Å². The first-order valence-electron chi connectivity index (χ1n) is 6.79. The van der Waals surface area contributed by atoms with Crippen LogP contribution >= 0.6 is 0 Å². The number of carbonyl (C=O) groups excluding carboxylic acids is 1. The van der Waals surface area contributed by atoms with Gasteiger partial charge in [0, 0.05) is 12.5 Å². The Morgan fingerprint density at radius 3 is 3.05 bits per heavy atom. The second kappa shape index (κ2) is 7.10. The van der Waals surface area contributed by atoms with Crippen LogP contribution in [0.2, 0.25) is 0 Å². The number of ether oxygens (including phenoxy) is 2. The number of esters is 1. The Kier molecular flexibility index (Phi) is 5.16. The third kappa shape index (κ3) is 3.93. The van der Waals surface area contributed by atoms with Gasteiger partial charge in [0.25, 0.3) is 0 Å². The molecular weight excluding hydrogens is 240 g/mol. The first kappa shape index (κ1) is 13.8. The number of benzene rings is 1. The Hall–Kier alpha value is -1.61. The van der Waals surface area contributed by atoms with Gasteiger partial charge in [-0.3, -0.25) is 0 Å². The van der Waals surface area contributed by atoms with E-state index >= 15 is 0 Å². The monoisotopic (exact) mass is 260 g/mol. The minimum atomic E-state index is -0.290. The van der Waals surface area contributed by atoms with Gasteiger partial charge in [-0.15, -0.1) is 0 Å². The molecule has 0 fully saturated rings. The van der Waals surface area contributed by atoms with E-state index < -0.39 is 0 Å². The maximum absolute atomic E-state index is 11.1. The fourth-order valence-electron chi connectivity index (χ4n) is 2.36. The van der Waals surface area contributed by atoms with E-state index in [0.29, 0.717) is 19.1 Å². The average Bonchev–Trinajstić information content (AvgIpc) is 2.44. The van der Waals surface area contributed by atoms with Gasteiger partial charge in [-0.25, -0.2) is 4.79 Å². The van der Waals surface area contributed by atoms with Gasteiger partial charge < -0.3 is 9.47 Å². The van der Waals surface area contributed by atoms with Crippen molar-refractivity contribution in [3.05, 3.63) is 47.5 Å². The third-order valence-corrected chi connectivity index (χ3v) is 3.26. The molecule has 0 spiro atoms. The van der Waals surface area contributed by atoms with Gasteiger partial charge in [0.05, 0.1) is 6.61 Å². The van der Waals surface area contributed by atoms with Crippen LogP contribution < -0.4 is 0 Å². The Labute approximate surface area is 114 Å². The lowest BCUT2D eigenvalue weighted by Crippen LogP contribution is -2.14. The summed E-state index contributed by atoms with van der Waals surface area (Å²) in [5, 5.41) is 0. The fourth-order valence-corrected chi connectivity index (χ4v) is 2.36. The number of hydrogen-bond donors (Lipinski definition) is 0. The molecule has 1 atom stereocenters. The number of carbonyl (C=O) groups is 1. The van der Waals surface area contributed by atoms with E-state index in [0.717, 1.165) is 12.8 Å². The van der Waals surface area contributed by atoms with Crippen molar-refractivity contribution >= 4 is 5.97 Å². The molecule has 0 aromatic heterocycles. The van der Waals surface area contributed by atoms with E-state index in [1.165, 1.54) is 11.1 Å². The van der Waals surface area contributed by atoms with Gasteiger partial charge in [-0.05, 0) is 30.9 Å². The molecule has 0 aliphatic heterocycles. The highest BCUT2D eigenvalue weighted by atomic mass is 16.6. The highest BCUT2D eigenvalue weighted by molar-refractivity contribution is 5.70. The molecular formula is C16H20O3. The highest BCUT2D eigenvalue weighted by Crippen LogP contribution is 2.29. The van der Waals surface area contributed by atoms with E-state index in [1.54, 1.807) is 6.92 Å². The van der Waals surface area contributed by atoms with E-state index in [1.807, 2.05) is 0 Å². The van der Waals surface area contributed by atoms with Crippen molar-refractivity contribution in [2.24, 2.45) is 0 Å². The van der Waals surface area contributed by atoms with Crippen LogP contribution in [0.3, 0.4) is 0 Å². The van der Waals surface area contributed by atoms with E-state index in [2.05, 4.69) is 36.4 Å². The largest absolute Gasteiger partial charge is 0.464 e. The van der Waals surface area contributed by atoms with Crippen molar-refractivity contribution in [1.82, 2.24) is 0 Å². The minimum Gasteiger partial charge on any atom is -0.464 e. The Balaban J connectivity index is 1.79. The normalized spacial score (nSPS) is 17.0. The summed E-state index contributed by atoms with van der Waals surface area (Å²) in [6.45, 7) is 2.82. The van der Waals surface area contributed by atoms with Crippen molar-refractivity contribution in [2.75, 3.05) is 19.8 Å². The van der Waals surface area contributed by atoms with Crippen LogP contribution in [-0.2, 0) is 20.7 Å². The summed E-state index contributed by atoms with van der Waals surface area (Å²) in [6.07, 6.45) is 6.34. The smallest absolute Gasteiger partial charge is 0.332 e. The lowest BCUT2D eigenvalue weighted by Gasteiger charge is -2.20. The van der Waals surface area contributed by atoms with Crippen LogP contribution in [0, 0.1) is 0 Å². The molecule has 3 heteroatoms. The molecule has 0 heterocycles. The molecule has 1 unspecified atom stereocenters. The van der Waals surface area contributed by atoms with Crippen molar-refractivity contribution in [3.63, 3.8) is 0 Å².